The number of hydrogen-bond donors (Lipinski definition) is 1. The minimum atomic E-state index is -1.32. The Morgan fingerprint density at radius 1 is 1.18 bits per heavy atom. The van der Waals surface area contributed by atoms with Crippen molar-refractivity contribution in [3.05, 3.63) is 69.8 Å². The van der Waals surface area contributed by atoms with E-state index in [9.17, 15) is 14.7 Å². The van der Waals surface area contributed by atoms with Crippen molar-refractivity contribution < 1.29 is 19.0 Å². The minimum absolute atomic E-state index is 0.0358. The standard InChI is InChI=1S/C25H26FN3O4/c1-27-10-11-28(14-20(27)15-6-4-3-5-7-15)22-19(26)12-17-21(24(22)33-2)29(16-8-9-16)13-18(23(17)30)25(31)32/h3-7,12-13,16,20H,8-11,14H2,1-2H3,(H,31,32). The predicted molar refractivity (Wildman–Crippen MR) is 124 cm³/mol. The molecule has 8 heteroatoms. The van der Waals surface area contributed by atoms with Crippen LogP contribution in [0.1, 0.15) is 40.8 Å². The summed E-state index contributed by atoms with van der Waals surface area (Å²) in [6, 6.07) is 11.4. The number of hydrogen-bond acceptors (Lipinski definition) is 5. The minimum Gasteiger partial charge on any atom is -0.492 e. The summed E-state index contributed by atoms with van der Waals surface area (Å²) in [7, 11) is 3.52. The Bertz CT molecular complexity index is 1290. The lowest BCUT2D eigenvalue weighted by atomic mass is 10.0. The molecule has 1 unspecified atom stereocenters. The molecule has 1 N–H and O–H groups in total. The van der Waals surface area contributed by atoms with Crippen LogP contribution < -0.4 is 15.1 Å². The Labute approximate surface area is 190 Å². The third-order valence-electron chi connectivity index (χ3n) is 6.72. The van der Waals surface area contributed by atoms with Gasteiger partial charge in [0, 0.05) is 31.9 Å². The molecule has 1 aromatic heterocycles. The summed E-state index contributed by atoms with van der Waals surface area (Å²) in [6.07, 6.45) is 3.13. The lowest BCUT2D eigenvalue weighted by Gasteiger charge is -2.41. The first-order chi connectivity index (χ1) is 15.9. The molecule has 0 amide bonds. The fourth-order valence-electron chi connectivity index (χ4n) is 4.84. The zero-order chi connectivity index (χ0) is 23.3. The molecule has 5 rings (SSSR count). The largest absolute Gasteiger partial charge is 0.492 e. The van der Waals surface area contributed by atoms with Gasteiger partial charge >= 0.3 is 5.97 Å². The Morgan fingerprint density at radius 2 is 1.91 bits per heavy atom. The number of methoxy groups -OCH3 is 1. The van der Waals surface area contributed by atoms with Crippen LogP contribution in [0.5, 0.6) is 5.75 Å². The number of carbonyl (C=O) groups is 1. The van der Waals surface area contributed by atoms with Crippen LogP contribution in [0, 0.1) is 5.82 Å². The first-order valence-corrected chi connectivity index (χ1v) is 11.1. The van der Waals surface area contributed by atoms with Crippen LogP contribution in [0.4, 0.5) is 10.1 Å². The van der Waals surface area contributed by atoms with E-state index in [1.54, 1.807) is 4.57 Å². The third-order valence-corrected chi connectivity index (χ3v) is 6.72. The molecule has 1 aliphatic heterocycles. The number of carboxylic acids is 1. The highest BCUT2D eigenvalue weighted by Gasteiger charge is 2.33. The van der Waals surface area contributed by atoms with Crippen LogP contribution in [0.25, 0.3) is 10.9 Å². The smallest absolute Gasteiger partial charge is 0.341 e. The Morgan fingerprint density at radius 3 is 2.55 bits per heavy atom. The van der Waals surface area contributed by atoms with Gasteiger partial charge in [0.15, 0.2) is 11.6 Å². The highest BCUT2D eigenvalue weighted by atomic mass is 19.1. The van der Waals surface area contributed by atoms with Gasteiger partial charge in [0.1, 0.15) is 11.3 Å². The van der Waals surface area contributed by atoms with Crippen molar-refractivity contribution in [2.45, 2.75) is 24.9 Å². The first kappa shape index (κ1) is 21.5. The second-order valence-electron chi connectivity index (χ2n) is 8.81. The molecule has 2 aliphatic rings. The van der Waals surface area contributed by atoms with E-state index in [-0.39, 0.29) is 28.8 Å². The predicted octanol–water partition coefficient (Wildman–Crippen LogP) is 3.68. The van der Waals surface area contributed by atoms with Crippen LogP contribution in [0.15, 0.2) is 47.4 Å². The van der Waals surface area contributed by atoms with Crippen LogP contribution in [-0.2, 0) is 0 Å². The number of fused-ring (bicyclic) bond motifs is 1. The van der Waals surface area contributed by atoms with Gasteiger partial charge in [0.25, 0.3) is 0 Å². The second-order valence-corrected chi connectivity index (χ2v) is 8.81. The summed E-state index contributed by atoms with van der Waals surface area (Å²) in [6.45, 7) is 1.88. The van der Waals surface area contributed by atoms with Crippen molar-refractivity contribution in [2.75, 3.05) is 38.7 Å². The van der Waals surface area contributed by atoms with Gasteiger partial charge in [-0.05, 0) is 31.5 Å². The number of rotatable bonds is 5. The van der Waals surface area contributed by atoms with E-state index in [4.69, 9.17) is 4.74 Å². The van der Waals surface area contributed by atoms with E-state index in [0.717, 1.165) is 24.9 Å². The van der Waals surface area contributed by atoms with Crippen molar-refractivity contribution in [3.63, 3.8) is 0 Å². The summed E-state index contributed by atoms with van der Waals surface area (Å²) in [5.74, 6) is -1.62. The number of carboxylic acid groups (broad SMARTS) is 1. The summed E-state index contributed by atoms with van der Waals surface area (Å²) >= 11 is 0. The molecule has 33 heavy (non-hydrogen) atoms. The molecule has 2 fully saturated rings. The average Bonchev–Trinajstić information content (AvgIpc) is 3.65. The van der Waals surface area contributed by atoms with Crippen molar-refractivity contribution in [2.24, 2.45) is 0 Å². The van der Waals surface area contributed by atoms with Gasteiger partial charge < -0.3 is 19.3 Å². The quantitative estimate of drug-likeness (QED) is 0.638. The lowest BCUT2D eigenvalue weighted by Crippen LogP contribution is -2.47. The van der Waals surface area contributed by atoms with Gasteiger partial charge in [-0.3, -0.25) is 9.69 Å². The molecule has 7 nitrogen and oxygen atoms in total. The van der Waals surface area contributed by atoms with Crippen LogP contribution in [-0.4, -0.2) is 54.3 Å². The molecule has 3 aromatic rings. The summed E-state index contributed by atoms with van der Waals surface area (Å²) in [5, 5.41) is 9.55. The maximum absolute atomic E-state index is 15.6. The van der Waals surface area contributed by atoms with Gasteiger partial charge in [0.2, 0.25) is 5.43 Å². The van der Waals surface area contributed by atoms with Gasteiger partial charge in [-0.1, -0.05) is 30.3 Å². The molecule has 0 spiro atoms. The van der Waals surface area contributed by atoms with Crippen LogP contribution in [0.3, 0.4) is 0 Å². The maximum atomic E-state index is 15.6. The number of likely N-dealkylation sites (N-methyl/N-ethyl adjacent to an activating group) is 1. The van der Waals surface area contributed by atoms with Gasteiger partial charge in [-0.2, -0.15) is 0 Å². The average molecular weight is 451 g/mol. The molecule has 2 aromatic carbocycles. The number of pyridine rings is 1. The highest BCUT2D eigenvalue weighted by Crippen LogP contribution is 2.44. The Balaban J connectivity index is 1.68. The molecule has 1 saturated carbocycles. The van der Waals surface area contributed by atoms with E-state index in [1.807, 2.05) is 23.1 Å². The Hall–Kier alpha value is -3.39. The summed E-state index contributed by atoms with van der Waals surface area (Å²) in [4.78, 5) is 28.8. The first-order valence-electron chi connectivity index (χ1n) is 11.1. The molecule has 2 heterocycles. The molecule has 1 atom stereocenters. The van der Waals surface area contributed by atoms with Crippen molar-refractivity contribution >= 4 is 22.6 Å². The molecule has 1 aliphatic carbocycles. The zero-order valence-corrected chi connectivity index (χ0v) is 18.6. The van der Waals surface area contributed by atoms with Gasteiger partial charge in [-0.15, -0.1) is 0 Å². The summed E-state index contributed by atoms with van der Waals surface area (Å²) in [5.41, 5.74) is 0.870. The van der Waals surface area contributed by atoms with Gasteiger partial charge in [0.05, 0.1) is 24.1 Å². The van der Waals surface area contributed by atoms with Crippen LogP contribution >= 0.6 is 0 Å². The van der Waals surface area contributed by atoms with Crippen molar-refractivity contribution in [1.82, 2.24) is 9.47 Å². The Kier molecular flexibility index (Phi) is 5.32. The van der Waals surface area contributed by atoms with Gasteiger partial charge in [-0.25, -0.2) is 9.18 Å². The fraction of sp³-hybridized carbons (Fsp3) is 0.360. The highest BCUT2D eigenvalue weighted by molar-refractivity contribution is 5.97. The number of piperazine rings is 1. The number of anilines is 1. The molecule has 1 saturated heterocycles. The number of ether oxygens (including phenoxy) is 1. The SMILES string of the molecule is COc1c(N2CCN(C)C(c3ccccc3)C2)c(F)cc2c(=O)c(C(=O)O)cn(C3CC3)c12. The molecule has 172 valence electrons. The maximum Gasteiger partial charge on any atom is 0.341 e. The number of nitrogens with zero attached hydrogens (tertiary/aromatic N) is 3. The fourth-order valence-corrected chi connectivity index (χ4v) is 4.84. The number of aromatic carboxylic acids is 1. The third kappa shape index (κ3) is 3.64. The zero-order valence-electron chi connectivity index (χ0n) is 18.6. The van der Waals surface area contributed by atoms with E-state index >= 15 is 4.39 Å². The topological polar surface area (TPSA) is 75.0 Å². The monoisotopic (exact) mass is 451 g/mol. The number of aromatic nitrogens is 1. The van der Waals surface area contributed by atoms with E-state index < -0.39 is 17.2 Å². The molecule has 0 bridgehead atoms. The lowest BCUT2D eigenvalue weighted by molar-refractivity contribution is 0.0695. The van der Waals surface area contributed by atoms with E-state index in [0.29, 0.717) is 24.3 Å². The summed E-state index contributed by atoms with van der Waals surface area (Å²) < 4.78 is 23.1. The molecular weight excluding hydrogens is 425 g/mol. The normalized spacial score (nSPS) is 19.1. The number of benzene rings is 2. The van der Waals surface area contributed by atoms with Crippen LogP contribution in [0.2, 0.25) is 0 Å². The number of halogens is 1. The molecular formula is C25H26FN3O4. The van der Waals surface area contributed by atoms with E-state index in [1.165, 1.54) is 19.4 Å². The van der Waals surface area contributed by atoms with Crippen molar-refractivity contribution in [3.8, 4) is 5.75 Å². The van der Waals surface area contributed by atoms with Crippen molar-refractivity contribution in [1.29, 1.82) is 0 Å². The second kappa shape index (κ2) is 8.19. The van der Waals surface area contributed by atoms with E-state index in [2.05, 4.69) is 24.1 Å². The molecule has 0 radical (unpaired) electrons.